The first-order chi connectivity index (χ1) is 9.10. The Morgan fingerprint density at radius 3 is 2.37 bits per heavy atom. The number of rotatable bonds is 4. The van der Waals surface area contributed by atoms with E-state index < -0.39 is 0 Å². The van der Waals surface area contributed by atoms with Crippen LogP contribution in [0.15, 0.2) is 51.8 Å². The van der Waals surface area contributed by atoms with E-state index in [1.807, 2.05) is 0 Å². The van der Waals surface area contributed by atoms with E-state index in [9.17, 15) is 0 Å². The van der Waals surface area contributed by atoms with Gasteiger partial charge in [0.05, 0.1) is 0 Å². The maximum absolute atomic E-state index is 3.54. The van der Waals surface area contributed by atoms with Crippen molar-refractivity contribution in [2.75, 3.05) is 11.6 Å². The van der Waals surface area contributed by atoms with Crippen LogP contribution in [-0.2, 0) is 0 Å². The minimum Gasteiger partial charge on any atom is -0.379 e. The van der Waals surface area contributed by atoms with Crippen molar-refractivity contribution in [1.29, 1.82) is 0 Å². The van der Waals surface area contributed by atoms with Crippen LogP contribution in [0.25, 0.3) is 0 Å². The zero-order valence-electron chi connectivity index (χ0n) is 11.4. The van der Waals surface area contributed by atoms with Crippen molar-refractivity contribution in [3.63, 3.8) is 0 Å². The lowest BCUT2D eigenvalue weighted by molar-refractivity contribution is 0.882. The number of thioether (sulfide) groups is 1. The number of hydrogen-bond acceptors (Lipinski definition) is 2. The SMILES string of the molecule is CSc1ccc(C(C)Nc2ccc(Br)c(C)c2)cc1. The third-order valence-corrected chi connectivity index (χ3v) is 4.79. The molecule has 19 heavy (non-hydrogen) atoms. The zero-order chi connectivity index (χ0) is 13.8. The normalized spacial score (nSPS) is 12.2. The quantitative estimate of drug-likeness (QED) is 0.724. The van der Waals surface area contributed by atoms with Crippen molar-refractivity contribution in [2.24, 2.45) is 0 Å². The van der Waals surface area contributed by atoms with Gasteiger partial charge < -0.3 is 5.32 Å². The molecule has 0 aliphatic carbocycles. The molecule has 0 amide bonds. The molecule has 0 spiro atoms. The second-order valence-electron chi connectivity index (χ2n) is 4.60. The number of benzene rings is 2. The molecule has 100 valence electrons. The van der Waals surface area contributed by atoms with Crippen molar-refractivity contribution in [1.82, 2.24) is 0 Å². The maximum Gasteiger partial charge on any atom is 0.0485 e. The van der Waals surface area contributed by atoms with Crippen LogP contribution in [-0.4, -0.2) is 6.26 Å². The van der Waals surface area contributed by atoms with E-state index >= 15 is 0 Å². The fourth-order valence-electron chi connectivity index (χ4n) is 1.96. The molecular weight excluding hydrogens is 318 g/mol. The Hall–Kier alpha value is -0.930. The highest BCUT2D eigenvalue weighted by atomic mass is 79.9. The molecule has 2 aromatic carbocycles. The molecule has 3 heteroatoms. The highest BCUT2D eigenvalue weighted by molar-refractivity contribution is 9.10. The van der Waals surface area contributed by atoms with Gasteiger partial charge in [-0.15, -0.1) is 11.8 Å². The van der Waals surface area contributed by atoms with Gasteiger partial charge in [0, 0.05) is 21.1 Å². The van der Waals surface area contributed by atoms with E-state index in [4.69, 9.17) is 0 Å². The number of aryl methyl sites for hydroxylation is 1. The second kappa shape index (κ2) is 6.49. The monoisotopic (exact) mass is 335 g/mol. The van der Waals surface area contributed by atoms with Crippen molar-refractivity contribution in [3.8, 4) is 0 Å². The van der Waals surface area contributed by atoms with Crippen molar-refractivity contribution in [3.05, 3.63) is 58.1 Å². The topological polar surface area (TPSA) is 12.0 Å². The van der Waals surface area contributed by atoms with Crippen LogP contribution < -0.4 is 5.32 Å². The molecule has 1 nitrogen and oxygen atoms in total. The van der Waals surface area contributed by atoms with Gasteiger partial charge in [-0.2, -0.15) is 0 Å². The molecule has 0 heterocycles. The Bertz CT molecular complexity index is 551. The molecule has 0 aliphatic rings. The average Bonchev–Trinajstić information content (AvgIpc) is 2.43. The van der Waals surface area contributed by atoms with Crippen LogP contribution in [0, 0.1) is 6.92 Å². The summed E-state index contributed by atoms with van der Waals surface area (Å²) in [5, 5.41) is 3.54. The summed E-state index contributed by atoms with van der Waals surface area (Å²) in [4.78, 5) is 1.30. The van der Waals surface area contributed by atoms with Crippen molar-refractivity contribution in [2.45, 2.75) is 24.8 Å². The third-order valence-electron chi connectivity index (χ3n) is 3.16. The first-order valence-corrected chi connectivity index (χ1v) is 8.28. The van der Waals surface area contributed by atoms with E-state index in [1.54, 1.807) is 11.8 Å². The Morgan fingerprint density at radius 2 is 1.79 bits per heavy atom. The lowest BCUT2D eigenvalue weighted by Gasteiger charge is -2.16. The van der Waals surface area contributed by atoms with Gasteiger partial charge in [-0.1, -0.05) is 28.1 Å². The van der Waals surface area contributed by atoms with Gasteiger partial charge in [0.25, 0.3) is 0 Å². The summed E-state index contributed by atoms with van der Waals surface area (Å²) in [6.07, 6.45) is 2.10. The van der Waals surface area contributed by atoms with E-state index in [-0.39, 0.29) is 0 Å². The van der Waals surface area contributed by atoms with Crippen LogP contribution >= 0.6 is 27.7 Å². The Morgan fingerprint density at radius 1 is 1.11 bits per heavy atom. The largest absolute Gasteiger partial charge is 0.379 e. The summed E-state index contributed by atoms with van der Waals surface area (Å²) in [6.45, 7) is 4.29. The summed E-state index contributed by atoms with van der Waals surface area (Å²) < 4.78 is 1.15. The molecule has 0 aromatic heterocycles. The highest BCUT2D eigenvalue weighted by Crippen LogP contribution is 2.25. The van der Waals surface area contributed by atoms with Gasteiger partial charge in [-0.25, -0.2) is 0 Å². The average molecular weight is 336 g/mol. The molecule has 2 aromatic rings. The summed E-state index contributed by atoms with van der Waals surface area (Å²) in [7, 11) is 0. The molecule has 1 unspecified atom stereocenters. The third kappa shape index (κ3) is 3.77. The van der Waals surface area contributed by atoms with Gasteiger partial charge in [-0.05, 0) is 61.6 Å². The van der Waals surface area contributed by atoms with Gasteiger partial charge in [0.2, 0.25) is 0 Å². The van der Waals surface area contributed by atoms with Gasteiger partial charge >= 0.3 is 0 Å². The minimum absolute atomic E-state index is 0.302. The first kappa shape index (κ1) is 14.5. The number of hydrogen-bond donors (Lipinski definition) is 1. The van der Waals surface area contributed by atoms with E-state index in [0.29, 0.717) is 6.04 Å². The van der Waals surface area contributed by atoms with Crippen LogP contribution in [0.4, 0.5) is 5.69 Å². The maximum atomic E-state index is 3.54. The number of nitrogens with one attached hydrogen (secondary N) is 1. The van der Waals surface area contributed by atoms with Crippen LogP contribution in [0.1, 0.15) is 24.1 Å². The number of anilines is 1. The molecule has 0 aliphatic heterocycles. The van der Waals surface area contributed by atoms with E-state index in [2.05, 4.69) is 83.8 Å². The molecule has 0 saturated heterocycles. The van der Waals surface area contributed by atoms with E-state index in [1.165, 1.54) is 16.0 Å². The molecule has 1 N–H and O–H groups in total. The van der Waals surface area contributed by atoms with Gasteiger partial charge in [0.15, 0.2) is 0 Å². The Labute approximate surface area is 127 Å². The van der Waals surface area contributed by atoms with Crippen molar-refractivity contribution >= 4 is 33.4 Å². The molecular formula is C16H18BrNS. The smallest absolute Gasteiger partial charge is 0.0485 e. The second-order valence-corrected chi connectivity index (χ2v) is 6.34. The fraction of sp³-hybridized carbons (Fsp3) is 0.250. The lowest BCUT2D eigenvalue weighted by Crippen LogP contribution is -2.06. The summed E-state index contributed by atoms with van der Waals surface area (Å²) in [5.41, 5.74) is 3.70. The minimum atomic E-state index is 0.302. The number of halogens is 1. The van der Waals surface area contributed by atoms with Crippen LogP contribution in [0.3, 0.4) is 0 Å². The predicted octanol–water partition coefficient (Wildman–Crippen LogP) is 5.65. The summed E-state index contributed by atoms with van der Waals surface area (Å²) in [5.74, 6) is 0. The van der Waals surface area contributed by atoms with Crippen molar-refractivity contribution < 1.29 is 0 Å². The predicted molar refractivity (Wildman–Crippen MR) is 89.1 cm³/mol. The molecule has 0 bridgehead atoms. The Kier molecular flexibility index (Phi) is 4.94. The fourth-order valence-corrected chi connectivity index (χ4v) is 2.62. The highest BCUT2D eigenvalue weighted by Gasteiger charge is 2.06. The van der Waals surface area contributed by atoms with E-state index in [0.717, 1.165) is 10.2 Å². The zero-order valence-corrected chi connectivity index (χ0v) is 13.8. The van der Waals surface area contributed by atoms with Crippen LogP contribution in [0.2, 0.25) is 0 Å². The Balaban J connectivity index is 2.10. The van der Waals surface area contributed by atoms with Crippen LogP contribution in [0.5, 0.6) is 0 Å². The van der Waals surface area contributed by atoms with Gasteiger partial charge in [-0.3, -0.25) is 0 Å². The van der Waals surface area contributed by atoms with Gasteiger partial charge in [0.1, 0.15) is 0 Å². The summed E-state index contributed by atoms with van der Waals surface area (Å²) >= 11 is 5.30. The lowest BCUT2D eigenvalue weighted by atomic mass is 10.1. The molecule has 0 saturated carbocycles. The molecule has 2 rings (SSSR count). The molecule has 0 fully saturated rings. The standard InChI is InChI=1S/C16H18BrNS/c1-11-10-14(6-9-16(11)17)18-12(2)13-4-7-15(19-3)8-5-13/h4-10,12,18H,1-3H3. The first-order valence-electron chi connectivity index (χ1n) is 6.27. The summed E-state index contributed by atoms with van der Waals surface area (Å²) in [6, 6.07) is 15.4. The molecule has 1 atom stereocenters. The molecule has 0 radical (unpaired) electrons.